The third-order valence-corrected chi connectivity index (χ3v) is 4.51. The van der Waals surface area contributed by atoms with E-state index in [4.69, 9.17) is 15.7 Å². The Kier molecular flexibility index (Phi) is 4.55. The molecule has 110 valence electrons. The minimum atomic E-state index is -0.102. The molecular weight excluding hydrogens is 322 g/mol. The molecule has 1 heterocycles. The van der Waals surface area contributed by atoms with Crippen LogP contribution >= 0.6 is 15.9 Å². The first-order chi connectivity index (χ1) is 9.49. The van der Waals surface area contributed by atoms with E-state index in [9.17, 15) is 0 Å². The number of oxime groups is 1. The second-order valence-corrected chi connectivity index (χ2v) is 6.18. The lowest BCUT2D eigenvalue weighted by Crippen LogP contribution is -2.47. The number of nitrogens with zero attached hydrogens (tertiary/aromatic N) is 2. The van der Waals surface area contributed by atoms with Gasteiger partial charge in [-0.15, -0.1) is 0 Å². The molecule has 1 aliphatic heterocycles. The highest BCUT2D eigenvalue weighted by Gasteiger charge is 2.31. The lowest BCUT2D eigenvalue weighted by molar-refractivity contribution is -0.00465. The molecule has 0 aliphatic carbocycles. The molecule has 0 bridgehead atoms. The zero-order valence-electron chi connectivity index (χ0n) is 11.8. The number of halogens is 1. The van der Waals surface area contributed by atoms with Crippen molar-refractivity contribution in [3.63, 3.8) is 0 Å². The third-order valence-electron chi connectivity index (χ3n) is 3.85. The summed E-state index contributed by atoms with van der Waals surface area (Å²) < 4.78 is 6.43. The average Bonchev–Trinajstić information content (AvgIpc) is 2.46. The molecular formula is C14H20BrN3O2. The van der Waals surface area contributed by atoms with E-state index in [0.29, 0.717) is 5.56 Å². The first kappa shape index (κ1) is 15.1. The topological polar surface area (TPSA) is 71.1 Å². The summed E-state index contributed by atoms with van der Waals surface area (Å²) in [6, 6.07) is 5.83. The molecule has 3 N–H and O–H groups in total. The van der Waals surface area contributed by atoms with Crippen LogP contribution in [0.3, 0.4) is 0 Å². The number of anilines is 1. The zero-order valence-corrected chi connectivity index (χ0v) is 13.4. The molecule has 2 rings (SSSR count). The lowest BCUT2D eigenvalue weighted by Gasteiger charge is -2.40. The van der Waals surface area contributed by atoms with Crippen molar-refractivity contribution in [3.05, 3.63) is 28.2 Å². The van der Waals surface area contributed by atoms with Crippen molar-refractivity contribution >= 4 is 27.5 Å². The number of benzene rings is 1. The molecule has 1 atom stereocenters. The van der Waals surface area contributed by atoms with Crippen LogP contribution in [0.2, 0.25) is 0 Å². The molecule has 1 unspecified atom stereocenters. The minimum Gasteiger partial charge on any atom is -0.409 e. The van der Waals surface area contributed by atoms with Crippen LogP contribution in [-0.2, 0) is 4.74 Å². The summed E-state index contributed by atoms with van der Waals surface area (Å²) in [5.74, 6) is 0.101. The molecule has 6 heteroatoms. The van der Waals surface area contributed by atoms with Gasteiger partial charge in [0.15, 0.2) is 5.84 Å². The van der Waals surface area contributed by atoms with Crippen molar-refractivity contribution in [2.75, 3.05) is 25.1 Å². The van der Waals surface area contributed by atoms with Crippen LogP contribution in [0.4, 0.5) is 5.69 Å². The number of hydrogen-bond acceptors (Lipinski definition) is 4. The first-order valence-corrected chi connectivity index (χ1v) is 7.36. The van der Waals surface area contributed by atoms with E-state index in [0.717, 1.165) is 36.1 Å². The predicted octanol–water partition coefficient (Wildman–Crippen LogP) is 2.55. The lowest BCUT2D eigenvalue weighted by atomic mass is 9.94. The van der Waals surface area contributed by atoms with E-state index in [2.05, 4.69) is 32.9 Å². The number of ether oxygens (including phenoxy) is 1. The number of piperidine rings is 1. The predicted molar refractivity (Wildman–Crippen MR) is 83.5 cm³/mol. The fourth-order valence-electron chi connectivity index (χ4n) is 2.56. The van der Waals surface area contributed by atoms with Crippen molar-refractivity contribution in [2.24, 2.45) is 10.9 Å². The minimum absolute atomic E-state index is 0.101. The van der Waals surface area contributed by atoms with Gasteiger partial charge in [-0.3, -0.25) is 0 Å². The summed E-state index contributed by atoms with van der Waals surface area (Å²) in [5, 5.41) is 11.8. The standard InChI is InChI=1S/C14H20BrN3O2/c1-14(20-2)6-3-7-18(9-14)10-4-5-11(12(15)8-10)13(16)17-19/h4-5,8,19H,3,6-7,9H2,1-2H3,(H2,16,17). The Bertz CT molecular complexity index is 521. The summed E-state index contributed by atoms with van der Waals surface area (Å²) in [4.78, 5) is 2.30. The number of amidine groups is 1. The van der Waals surface area contributed by atoms with Gasteiger partial charge in [-0.05, 0) is 53.9 Å². The highest BCUT2D eigenvalue weighted by atomic mass is 79.9. The fraction of sp³-hybridized carbons (Fsp3) is 0.500. The number of nitrogens with two attached hydrogens (primary N) is 1. The molecule has 1 aliphatic rings. The molecule has 0 radical (unpaired) electrons. The maximum atomic E-state index is 8.75. The van der Waals surface area contributed by atoms with E-state index < -0.39 is 0 Å². The van der Waals surface area contributed by atoms with Crippen LogP contribution < -0.4 is 10.6 Å². The van der Waals surface area contributed by atoms with Crippen LogP contribution in [0.25, 0.3) is 0 Å². The van der Waals surface area contributed by atoms with E-state index in [1.54, 1.807) is 7.11 Å². The number of methoxy groups -OCH3 is 1. The molecule has 5 nitrogen and oxygen atoms in total. The zero-order chi connectivity index (χ0) is 14.8. The molecule has 0 spiro atoms. The molecule has 1 aromatic carbocycles. The van der Waals surface area contributed by atoms with Crippen molar-refractivity contribution in [2.45, 2.75) is 25.4 Å². The van der Waals surface area contributed by atoms with E-state index in [1.165, 1.54) is 0 Å². The quantitative estimate of drug-likeness (QED) is 0.383. The van der Waals surface area contributed by atoms with Gasteiger partial charge in [-0.25, -0.2) is 0 Å². The monoisotopic (exact) mass is 341 g/mol. The summed E-state index contributed by atoms with van der Waals surface area (Å²) in [7, 11) is 1.76. The summed E-state index contributed by atoms with van der Waals surface area (Å²) >= 11 is 3.47. The van der Waals surface area contributed by atoms with Gasteiger partial charge in [0.05, 0.1) is 5.60 Å². The van der Waals surface area contributed by atoms with E-state index >= 15 is 0 Å². The van der Waals surface area contributed by atoms with Gasteiger partial charge in [0.25, 0.3) is 0 Å². The van der Waals surface area contributed by atoms with E-state index in [-0.39, 0.29) is 11.4 Å². The summed E-state index contributed by atoms with van der Waals surface area (Å²) in [6.45, 7) is 4.01. The second-order valence-electron chi connectivity index (χ2n) is 5.33. The first-order valence-electron chi connectivity index (χ1n) is 6.56. The van der Waals surface area contributed by atoms with Gasteiger partial charge < -0.3 is 20.6 Å². The molecule has 0 amide bonds. The Balaban J connectivity index is 2.24. The van der Waals surface area contributed by atoms with Crippen LogP contribution in [0.5, 0.6) is 0 Å². The van der Waals surface area contributed by atoms with Crippen molar-refractivity contribution in [1.29, 1.82) is 0 Å². The molecule has 1 fully saturated rings. The normalized spacial score (nSPS) is 23.9. The van der Waals surface area contributed by atoms with Gasteiger partial charge in [-0.2, -0.15) is 0 Å². The Hall–Kier alpha value is -1.27. The number of hydrogen-bond donors (Lipinski definition) is 2. The van der Waals surface area contributed by atoms with Crippen LogP contribution in [0, 0.1) is 0 Å². The van der Waals surface area contributed by atoms with Crippen molar-refractivity contribution in [1.82, 2.24) is 0 Å². The SMILES string of the molecule is COC1(C)CCCN(c2ccc(/C(N)=N/O)c(Br)c2)C1. The summed E-state index contributed by atoms with van der Waals surface area (Å²) in [5.41, 5.74) is 7.31. The third kappa shape index (κ3) is 3.07. The van der Waals surface area contributed by atoms with Crippen molar-refractivity contribution < 1.29 is 9.94 Å². The van der Waals surface area contributed by atoms with Crippen LogP contribution in [0.15, 0.2) is 27.8 Å². The average molecular weight is 342 g/mol. The van der Waals surface area contributed by atoms with Gasteiger partial charge in [0.2, 0.25) is 0 Å². The molecule has 0 saturated carbocycles. The maximum Gasteiger partial charge on any atom is 0.171 e. The van der Waals surface area contributed by atoms with Gasteiger partial charge >= 0.3 is 0 Å². The van der Waals surface area contributed by atoms with Crippen LogP contribution in [-0.4, -0.2) is 36.8 Å². The Labute approximate surface area is 127 Å². The Morgan fingerprint density at radius 3 is 2.90 bits per heavy atom. The Morgan fingerprint density at radius 2 is 2.30 bits per heavy atom. The molecule has 0 aromatic heterocycles. The highest BCUT2D eigenvalue weighted by Crippen LogP contribution is 2.30. The van der Waals surface area contributed by atoms with Gasteiger partial charge in [0, 0.05) is 35.9 Å². The fourth-order valence-corrected chi connectivity index (χ4v) is 3.12. The van der Waals surface area contributed by atoms with E-state index in [1.807, 2.05) is 18.2 Å². The maximum absolute atomic E-state index is 8.75. The smallest absolute Gasteiger partial charge is 0.171 e. The summed E-state index contributed by atoms with van der Waals surface area (Å²) in [6.07, 6.45) is 2.17. The number of rotatable bonds is 3. The molecule has 1 aromatic rings. The van der Waals surface area contributed by atoms with Crippen molar-refractivity contribution in [3.8, 4) is 0 Å². The molecule has 1 saturated heterocycles. The largest absolute Gasteiger partial charge is 0.409 e. The molecule has 20 heavy (non-hydrogen) atoms. The van der Waals surface area contributed by atoms with Crippen LogP contribution in [0.1, 0.15) is 25.3 Å². The second kappa shape index (κ2) is 6.01. The van der Waals surface area contributed by atoms with Gasteiger partial charge in [0.1, 0.15) is 0 Å². The highest BCUT2D eigenvalue weighted by molar-refractivity contribution is 9.10. The Morgan fingerprint density at radius 1 is 1.55 bits per heavy atom. The van der Waals surface area contributed by atoms with Gasteiger partial charge in [-0.1, -0.05) is 5.16 Å².